The number of hydrogen-bond acceptors (Lipinski definition) is 4. The summed E-state index contributed by atoms with van der Waals surface area (Å²) < 4.78 is 4.96. The van der Waals surface area contributed by atoms with E-state index < -0.39 is 0 Å². The second-order valence-corrected chi connectivity index (χ2v) is 3.27. The minimum atomic E-state index is 0.458. The molecule has 1 rings (SSSR count). The van der Waals surface area contributed by atoms with Crippen molar-refractivity contribution in [2.24, 2.45) is 0 Å². The van der Waals surface area contributed by atoms with Crippen LogP contribution in [0.3, 0.4) is 0 Å². The van der Waals surface area contributed by atoms with E-state index in [9.17, 15) is 0 Å². The zero-order valence-electron chi connectivity index (χ0n) is 8.54. The number of anilines is 1. The number of rotatable bonds is 4. The fourth-order valence-corrected chi connectivity index (χ4v) is 1.06. The number of nitrogens with zero attached hydrogens (tertiary/aromatic N) is 1. The van der Waals surface area contributed by atoms with Gasteiger partial charge in [0.25, 0.3) is 0 Å². The molecule has 0 radical (unpaired) electrons. The summed E-state index contributed by atoms with van der Waals surface area (Å²) in [7, 11) is 1.54. The van der Waals surface area contributed by atoms with Crippen molar-refractivity contribution in [3.05, 3.63) is 29.6 Å². The Morgan fingerprint density at radius 3 is 3.00 bits per heavy atom. The van der Waals surface area contributed by atoms with Crippen molar-refractivity contribution in [1.29, 1.82) is 5.41 Å². The summed E-state index contributed by atoms with van der Waals surface area (Å²) in [5.74, 6) is 0.488. The maximum Gasteiger partial charge on any atom is 0.215 e. The first-order valence-electron chi connectivity index (χ1n) is 4.31. The van der Waals surface area contributed by atoms with E-state index in [2.05, 4.69) is 10.3 Å². The molecule has 0 fully saturated rings. The van der Waals surface area contributed by atoms with E-state index >= 15 is 0 Å². The Hall–Kier alpha value is -1.55. The third-order valence-corrected chi connectivity index (χ3v) is 1.91. The molecule has 0 saturated heterocycles. The number of aromatic nitrogens is 1. The van der Waals surface area contributed by atoms with Crippen LogP contribution in [-0.2, 0) is 0 Å². The lowest BCUT2D eigenvalue weighted by Crippen LogP contribution is -1.94. The van der Waals surface area contributed by atoms with Crippen molar-refractivity contribution in [3.8, 4) is 5.88 Å². The molecule has 0 aromatic carbocycles. The van der Waals surface area contributed by atoms with Crippen LogP contribution in [0, 0.1) is 5.41 Å². The predicted molar refractivity (Wildman–Crippen MR) is 62.0 cm³/mol. The van der Waals surface area contributed by atoms with Crippen LogP contribution in [0.2, 0.25) is 5.02 Å². The van der Waals surface area contributed by atoms with E-state index in [4.69, 9.17) is 21.7 Å². The van der Waals surface area contributed by atoms with Crippen molar-refractivity contribution in [2.45, 2.75) is 6.92 Å². The number of methoxy groups -OCH3 is 1. The van der Waals surface area contributed by atoms with Crippen LogP contribution < -0.4 is 10.1 Å². The highest BCUT2D eigenvalue weighted by atomic mass is 35.5. The smallest absolute Gasteiger partial charge is 0.215 e. The molecular formula is C10H12ClN3O. The van der Waals surface area contributed by atoms with Crippen molar-refractivity contribution < 1.29 is 4.74 Å². The monoisotopic (exact) mass is 225 g/mol. The highest BCUT2D eigenvalue weighted by Crippen LogP contribution is 2.24. The standard InChI is InChI=1S/C10H12ClN3O/c1-7(12)3-4-13-9-5-10(15-2)14-6-8(9)11/h3-6,12H,1-2H3,(H,13,14)/b4-3-,12-7?. The predicted octanol–water partition coefficient (Wildman–Crippen LogP) is 2.71. The van der Waals surface area contributed by atoms with Gasteiger partial charge < -0.3 is 15.5 Å². The fourth-order valence-electron chi connectivity index (χ4n) is 0.898. The number of pyridine rings is 1. The molecular weight excluding hydrogens is 214 g/mol. The molecule has 0 atom stereocenters. The molecule has 0 aliphatic carbocycles. The van der Waals surface area contributed by atoms with Crippen LogP contribution in [0.15, 0.2) is 24.5 Å². The first-order chi connectivity index (χ1) is 7.13. The Morgan fingerprint density at radius 1 is 1.67 bits per heavy atom. The van der Waals surface area contributed by atoms with Crippen molar-refractivity contribution in [3.63, 3.8) is 0 Å². The Labute approximate surface area is 93.4 Å². The molecule has 0 bridgehead atoms. The quantitative estimate of drug-likeness (QED) is 0.775. The molecule has 0 spiro atoms. The van der Waals surface area contributed by atoms with Gasteiger partial charge in [-0.25, -0.2) is 4.98 Å². The van der Waals surface area contributed by atoms with Gasteiger partial charge in [-0.3, -0.25) is 0 Å². The highest BCUT2D eigenvalue weighted by molar-refractivity contribution is 6.33. The summed E-state index contributed by atoms with van der Waals surface area (Å²) in [4.78, 5) is 3.94. The molecule has 0 aliphatic rings. The maximum absolute atomic E-state index is 7.20. The van der Waals surface area contributed by atoms with E-state index in [1.165, 1.54) is 13.3 Å². The van der Waals surface area contributed by atoms with E-state index in [1.54, 1.807) is 25.3 Å². The number of nitrogens with one attached hydrogen (secondary N) is 2. The van der Waals surface area contributed by atoms with Crippen molar-refractivity contribution >= 4 is 23.0 Å². The minimum Gasteiger partial charge on any atom is -0.481 e. The lowest BCUT2D eigenvalue weighted by Gasteiger charge is -2.05. The topological polar surface area (TPSA) is 58.0 Å². The van der Waals surface area contributed by atoms with E-state index in [1.807, 2.05) is 0 Å². The van der Waals surface area contributed by atoms with Gasteiger partial charge in [-0.15, -0.1) is 0 Å². The van der Waals surface area contributed by atoms with E-state index in [-0.39, 0.29) is 0 Å². The molecule has 0 amide bonds. The molecule has 0 unspecified atom stereocenters. The van der Waals surface area contributed by atoms with E-state index in [0.717, 1.165) is 0 Å². The van der Waals surface area contributed by atoms with Gasteiger partial charge in [0.15, 0.2) is 0 Å². The maximum atomic E-state index is 7.20. The Kier molecular flexibility index (Phi) is 4.12. The number of hydrogen-bond donors (Lipinski definition) is 2. The number of ether oxygens (including phenoxy) is 1. The summed E-state index contributed by atoms with van der Waals surface area (Å²) in [6.07, 6.45) is 4.78. The summed E-state index contributed by atoms with van der Waals surface area (Å²) in [6, 6.07) is 1.69. The zero-order chi connectivity index (χ0) is 11.3. The van der Waals surface area contributed by atoms with Gasteiger partial charge in [-0.2, -0.15) is 0 Å². The molecule has 1 aromatic heterocycles. The lowest BCUT2D eigenvalue weighted by atomic mass is 10.4. The van der Waals surface area contributed by atoms with Gasteiger partial charge in [-0.05, 0) is 13.0 Å². The minimum absolute atomic E-state index is 0.458. The van der Waals surface area contributed by atoms with Gasteiger partial charge in [0.2, 0.25) is 5.88 Å². The second kappa shape index (κ2) is 5.36. The SMILES string of the molecule is COc1cc(N/C=C\C(C)=N)c(Cl)cn1. The summed E-state index contributed by atoms with van der Waals surface area (Å²) >= 11 is 5.90. The molecule has 1 aromatic rings. The van der Waals surface area contributed by atoms with Gasteiger partial charge in [-0.1, -0.05) is 11.6 Å². The lowest BCUT2D eigenvalue weighted by molar-refractivity contribution is 0.398. The Morgan fingerprint density at radius 2 is 2.40 bits per heavy atom. The molecule has 0 aliphatic heterocycles. The second-order valence-electron chi connectivity index (χ2n) is 2.87. The van der Waals surface area contributed by atoms with Gasteiger partial charge >= 0.3 is 0 Å². The van der Waals surface area contributed by atoms with Gasteiger partial charge in [0.1, 0.15) is 0 Å². The van der Waals surface area contributed by atoms with Crippen LogP contribution in [0.5, 0.6) is 5.88 Å². The Balaban J connectivity index is 2.79. The van der Waals surface area contributed by atoms with Crippen LogP contribution >= 0.6 is 11.6 Å². The molecule has 4 nitrogen and oxygen atoms in total. The summed E-state index contributed by atoms with van der Waals surface area (Å²) in [5, 5.41) is 10.6. The first kappa shape index (κ1) is 11.5. The number of allylic oxidation sites excluding steroid dienone is 1. The average molecular weight is 226 g/mol. The molecule has 0 saturated carbocycles. The number of halogens is 1. The normalized spacial score (nSPS) is 10.3. The summed E-state index contributed by atoms with van der Waals surface area (Å²) in [5.41, 5.74) is 1.15. The molecule has 15 heavy (non-hydrogen) atoms. The average Bonchev–Trinajstić information content (AvgIpc) is 2.20. The molecule has 1 heterocycles. The molecule has 2 N–H and O–H groups in total. The fraction of sp³-hybridized carbons (Fsp3) is 0.200. The van der Waals surface area contributed by atoms with E-state index in [0.29, 0.717) is 22.3 Å². The zero-order valence-corrected chi connectivity index (χ0v) is 9.30. The summed E-state index contributed by atoms with van der Waals surface area (Å²) in [6.45, 7) is 1.69. The first-order valence-corrected chi connectivity index (χ1v) is 4.69. The van der Waals surface area contributed by atoms with Crippen LogP contribution in [-0.4, -0.2) is 17.8 Å². The molecule has 80 valence electrons. The highest BCUT2D eigenvalue weighted by Gasteiger charge is 2.01. The van der Waals surface area contributed by atoms with Crippen molar-refractivity contribution in [1.82, 2.24) is 4.98 Å². The van der Waals surface area contributed by atoms with Gasteiger partial charge in [0, 0.05) is 18.0 Å². The van der Waals surface area contributed by atoms with Gasteiger partial charge in [0.05, 0.1) is 24.0 Å². The third kappa shape index (κ3) is 3.59. The Bertz CT molecular complexity index is 390. The largest absolute Gasteiger partial charge is 0.481 e. The van der Waals surface area contributed by atoms with Crippen LogP contribution in [0.4, 0.5) is 5.69 Å². The molecule has 5 heteroatoms. The van der Waals surface area contributed by atoms with Crippen LogP contribution in [0.1, 0.15) is 6.92 Å². The van der Waals surface area contributed by atoms with Crippen molar-refractivity contribution in [2.75, 3.05) is 12.4 Å². The van der Waals surface area contributed by atoms with Crippen LogP contribution in [0.25, 0.3) is 0 Å². The third-order valence-electron chi connectivity index (χ3n) is 1.61.